The normalized spacial score (nSPS) is 11.6. The van der Waals surface area contributed by atoms with E-state index in [1.54, 1.807) is 17.7 Å². The first-order valence-electron chi connectivity index (χ1n) is 7.11. The van der Waals surface area contributed by atoms with Crippen LogP contribution >= 0.6 is 11.3 Å². The van der Waals surface area contributed by atoms with E-state index < -0.39 is 0 Å². The van der Waals surface area contributed by atoms with Crippen LogP contribution in [0.2, 0.25) is 0 Å². The van der Waals surface area contributed by atoms with E-state index in [9.17, 15) is 0 Å². The third-order valence-electron chi connectivity index (χ3n) is 4.10. The monoisotopic (exact) mass is 310 g/mol. The highest BCUT2D eigenvalue weighted by Gasteiger charge is 2.22. The molecule has 5 nitrogen and oxygen atoms in total. The molecule has 0 unspecified atom stereocenters. The summed E-state index contributed by atoms with van der Waals surface area (Å²) in [6.07, 6.45) is 3.42. The fourth-order valence-corrected chi connectivity index (χ4v) is 3.99. The van der Waals surface area contributed by atoms with E-state index in [2.05, 4.69) is 52.5 Å². The Morgan fingerprint density at radius 3 is 2.77 bits per heavy atom. The van der Waals surface area contributed by atoms with Crippen molar-refractivity contribution in [1.29, 1.82) is 0 Å². The van der Waals surface area contributed by atoms with Crippen molar-refractivity contribution in [2.75, 3.05) is 0 Å². The summed E-state index contributed by atoms with van der Waals surface area (Å²) in [4.78, 5) is 9.71. The Balaban J connectivity index is 2.16. The van der Waals surface area contributed by atoms with Gasteiger partial charge in [-0.2, -0.15) is 9.61 Å². The lowest BCUT2D eigenvalue weighted by Crippen LogP contribution is -2.31. The Bertz CT molecular complexity index is 1030. The molecule has 4 rings (SSSR count). The van der Waals surface area contributed by atoms with Crippen molar-refractivity contribution in [2.45, 2.75) is 20.8 Å². The third-order valence-corrected chi connectivity index (χ3v) is 5.14. The van der Waals surface area contributed by atoms with Crippen molar-refractivity contribution in [3.05, 3.63) is 41.5 Å². The van der Waals surface area contributed by atoms with E-state index in [1.165, 1.54) is 27.9 Å². The van der Waals surface area contributed by atoms with Crippen LogP contribution in [0.4, 0.5) is 0 Å². The van der Waals surface area contributed by atoms with Gasteiger partial charge >= 0.3 is 0 Å². The molecule has 4 aromatic rings. The zero-order valence-electron chi connectivity index (χ0n) is 13.0. The van der Waals surface area contributed by atoms with Crippen LogP contribution in [0.25, 0.3) is 26.6 Å². The van der Waals surface area contributed by atoms with Crippen molar-refractivity contribution >= 4 is 26.6 Å². The van der Waals surface area contributed by atoms with Crippen molar-refractivity contribution in [3.63, 3.8) is 0 Å². The van der Waals surface area contributed by atoms with E-state index in [4.69, 9.17) is 0 Å². The van der Waals surface area contributed by atoms with Gasteiger partial charge in [-0.15, -0.1) is 0 Å². The molecule has 0 saturated carbocycles. The van der Waals surface area contributed by atoms with Crippen molar-refractivity contribution in [2.24, 2.45) is 7.05 Å². The second-order valence-electron chi connectivity index (χ2n) is 5.67. The number of benzene rings is 1. The second-order valence-corrected chi connectivity index (χ2v) is 6.65. The number of rotatable bonds is 1. The Morgan fingerprint density at radius 2 is 1.95 bits per heavy atom. The molecule has 0 amide bonds. The van der Waals surface area contributed by atoms with E-state index >= 15 is 0 Å². The Hall–Kier alpha value is -2.34. The average Bonchev–Trinajstić information content (AvgIpc) is 3.03. The minimum absolute atomic E-state index is 0.865. The number of thiazole rings is 1. The lowest BCUT2D eigenvalue weighted by molar-refractivity contribution is -0.662. The maximum Gasteiger partial charge on any atom is 0.291 e. The lowest BCUT2D eigenvalue weighted by atomic mass is 9.97. The molecule has 3 aromatic heterocycles. The van der Waals surface area contributed by atoms with Gasteiger partial charge in [-0.25, -0.2) is 9.55 Å². The van der Waals surface area contributed by atoms with Crippen molar-refractivity contribution < 1.29 is 4.57 Å². The van der Waals surface area contributed by atoms with Crippen LogP contribution in [0.3, 0.4) is 0 Å². The standard InChI is InChI=1S/C16H16N5S/c1-9-5-10(2)11(3)12(6-9)13-14-15(18-8-20(13)4)21-16(22-14)17-7-19-21/h5-8H,1-4H3/q+1. The number of hydrogen-bond acceptors (Lipinski definition) is 4. The molecule has 0 radical (unpaired) electrons. The predicted molar refractivity (Wildman–Crippen MR) is 87.0 cm³/mol. The molecule has 0 atom stereocenters. The van der Waals surface area contributed by atoms with Gasteiger partial charge < -0.3 is 0 Å². The molecule has 3 heterocycles. The van der Waals surface area contributed by atoms with Gasteiger partial charge in [0.25, 0.3) is 12.0 Å². The molecular weight excluding hydrogens is 294 g/mol. The SMILES string of the molecule is Cc1cc(C)c(C)c(-c2c3sc4ncnn4c3nc[n+]2C)c1. The molecule has 1 aromatic carbocycles. The molecule has 0 bridgehead atoms. The van der Waals surface area contributed by atoms with Crippen LogP contribution in [0.15, 0.2) is 24.8 Å². The highest BCUT2D eigenvalue weighted by Crippen LogP contribution is 2.33. The summed E-state index contributed by atoms with van der Waals surface area (Å²) in [7, 11) is 2.04. The fourth-order valence-electron chi connectivity index (χ4n) is 2.90. The maximum atomic E-state index is 4.54. The second kappa shape index (κ2) is 4.58. The summed E-state index contributed by atoms with van der Waals surface area (Å²) < 4.78 is 5.01. The van der Waals surface area contributed by atoms with Gasteiger partial charge in [-0.1, -0.05) is 23.0 Å². The Morgan fingerprint density at radius 1 is 1.14 bits per heavy atom. The molecule has 0 saturated heterocycles. The number of fused-ring (bicyclic) bond motifs is 3. The summed E-state index contributed by atoms with van der Waals surface area (Å²) in [6.45, 7) is 6.47. The summed E-state index contributed by atoms with van der Waals surface area (Å²) in [5.41, 5.74) is 7.15. The molecule has 0 aliphatic carbocycles. The van der Waals surface area contributed by atoms with Crippen LogP contribution in [-0.2, 0) is 7.05 Å². The summed E-state index contributed by atoms with van der Waals surface area (Å²) in [5.74, 6) is 0. The van der Waals surface area contributed by atoms with Gasteiger partial charge in [0.2, 0.25) is 4.96 Å². The van der Waals surface area contributed by atoms with Crippen molar-refractivity contribution in [3.8, 4) is 11.3 Å². The topological polar surface area (TPSA) is 47.0 Å². The van der Waals surface area contributed by atoms with Gasteiger partial charge in [-0.3, -0.25) is 0 Å². The molecule has 6 heteroatoms. The first kappa shape index (κ1) is 13.3. The van der Waals surface area contributed by atoms with E-state index in [-0.39, 0.29) is 0 Å². The maximum absolute atomic E-state index is 4.54. The number of nitrogens with zero attached hydrogens (tertiary/aromatic N) is 5. The minimum Gasteiger partial charge on any atom is -0.231 e. The predicted octanol–water partition coefficient (Wildman–Crippen LogP) is 2.76. The van der Waals surface area contributed by atoms with Crippen LogP contribution in [0.5, 0.6) is 0 Å². The van der Waals surface area contributed by atoms with E-state index in [1.807, 2.05) is 17.9 Å². The third kappa shape index (κ3) is 1.77. The Kier molecular flexibility index (Phi) is 2.77. The molecule has 0 aliphatic heterocycles. The van der Waals surface area contributed by atoms with E-state index in [0.29, 0.717) is 0 Å². The first-order valence-corrected chi connectivity index (χ1v) is 7.93. The van der Waals surface area contributed by atoms with Crippen LogP contribution in [0.1, 0.15) is 16.7 Å². The van der Waals surface area contributed by atoms with Crippen molar-refractivity contribution in [1.82, 2.24) is 19.6 Å². The molecule has 22 heavy (non-hydrogen) atoms. The van der Waals surface area contributed by atoms with Gasteiger partial charge in [0.05, 0.1) is 7.05 Å². The quantitative estimate of drug-likeness (QED) is 0.508. The van der Waals surface area contributed by atoms with Crippen LogP contribution in [-0.4, -0.2) is 19.6 Å². The molecule has 0 spiro atoms. The lowest BCUT2D eigenvalue weighted by Gasteiger charge is -2.10. The Labute approximate surface area is 131 Å². The highest BCUT2D eigenvalue weighted by molar-refractivity contribution is 7.24. The largest absolute Gasteiger partial charge is 0.291 e. The summed E-state index contributed by atoms with van der Waals surface area (Å²) in [5, 5.41) is 4.27. The van der Waals surface area contributed by atoms with Gasteiger partial charge in [0.1, 0.15) is 11.0 Å². The van der Waals surface area contributed by atoms with E-state index in [0.717, 1.165) is 15.3 Å². The molecular formula is C16H16N5S+. The van der Waals surface area contributed by atoms with Gasteiger partial charge in [0, 0.05) is 5.56 Å². The molecule has 0 fully saturated rings. The molecule has 110 valence electrons. The fraction of sp³-hybridized carbons (Fsp3) is 0.250. The molecule has 0 aliphatic rings. The van der Waals surface area contributed by atoms with Crippen LogP contribution < -0.4 is 4.57 Å². The van der Waals surface area contributed by atoms with Gasteiger partial charge in [-0.05, 0) is 42.9 Å². The number of aryl methyl sites for hydroxylation is 3. The number of aromatic nitrogens is 5. The smallest absolute Gasteiger partial charge is 0.231 e. The summed E-state index contributed by atoms with van der Waals surface area (Å²) in [6, 6.07) is 4.47. The zero-order valence-corrected chi connectivity index (χ0v) is 13.8. The minimum atomic E-state index is 0.865. The summed E-state index contributed by atoms with van der Waals surface area (Å²) >= 11 is 1.63. The average molecular weight is 310 g/mol. The number of hydrogen-bond donors (Lipinski definition) is 0. The van der Waals surface area contributed by atoms with Crippen LogP contribution in [0, 0.1) is 20.8 Å². The zero-order chi connectivity index (χ0) is 15.4. The highest BCUT2D eigenvalue weighted by atomic mass is 32.1. The first-order chi connectivity index (χ1) is 10.6. The molecule has 0 N–H and O–H groups in total. The van der Waals surface area contributed by atoms with Gasteiger partial charge in [0.15, 0.2) is 5.69 Å².